The van der Waals surface area contributed by atoms with Crippen molar-refractivity contribution in [1.29, 1.82) is 0 Å². The number of carbonyl (C=O) groups excluding carboxylic acids is 1. The smallest absolute Gasteiger partial charge is 0.254 e. The van der Waals surface area contributed by atoms with Crippen LogP contribution in [-0.4, -0.2) is 56.6 Å². The van der Waals surface area contributed by atoms with Crippen molar-refractivity contribution in [3.05, 3.63) is 53.6 Å². The standard InChI is InChI=1S/C24H28N6O2/c1-16-14-18(6-7-20(16)23(31)29-10-12-32-13-11-29)27-24-25-9-8-21(28-24)22-15-26-17(2)30(22)19-4-3-5-19/h6-9,14-15,19H,3-5,10-13H2,1-2H3,(H,25,27,28). The molecule has 0 atom stereocenters. The number of hydrogen-bond donors (Lipinski definition) is 1. The molecule has 8 heteroatoms. The summed E-state index contributed by atoms with van der Waals surface area (Å²) in [5.41, 5.74) is 4.36. The Balaban J connectivity index is 1.35. The number of hydrogen-bond acceptors (Lipinski definition) is 6. The van der Waals surface area contributed by atoms with Gasteiger partial charge in [-0.15, -0.1) is 0 Å². The van der Waals surface area contributed by atoms with Crippen molar-refractivity contribution in [2.45, 2.75) is 39.2 Å². The fourth-order valence-corrected chi connectivity index (χ4v) is 4.36. The molecule has 1 amide bonds. The number of benzene rings is 1. The molecule has 0 bridgehead atoms. The van der Waals surface area contributed by atoms with E-state index in [1.54, 1.807) is 6.20 Å². The lowest BCUT2D eigenvalue weighted by atomic mass is 9.92. The summed E-state index contributed by atoms with van der Waals surface area (Å²) in [7, 11) is 0. The Morgan fingerprint density at radius 2 is 1.94 bits per heavy atom. The summed E-state index contributed by atoms with van der Waals surface area (Å²) in [6.07, 6.45) is 7.31. The Bertz CT molecular complexity index is 1130. The van der Waals surface area contributed by atoms with Gasteiger partial charge in [0.1, 0.15) is 5.82 Å². The normalized spacial score (nSPS) is 16.6. The van der Waals surface area contributed by atoms with Crippen LogP contribution in [0, 0.1) is 13.8 Å². The minimum Gasteiger partial charge on any atom is -0.378 e. The summed E-state index contributed by atoms with van der Waals surface area (Å²) >= 11 is 0. The maximum absolute atomic E-state index is 12.8. The Kier molecular flexibility index (Phi) is 5.61. The molecule has 3 heterocycles. The molecular weight excluding hydrogens is 404 g/mol. The highest BCUT2D eigenvalue weighted by Gasteiger charge is 2.24. The molecular formula is C24H28N6O2. The maximum Gasteiger partial charge on any atom is 0.254 e. The van der Waals surface area contributed by atoms with Crippen LogP contribution < -0.4 is 5.32 Å². The third kappa shape index (κ3) is 3.98. The Morgan fingerprint density at radius 1 is 1.12 bits per heavy atom. The second kappa shape index (κ2) is 8.70. The van der Waals surface area contributed by atoms with Crippen LogP contribution in [0.15, 0.2) is 36.7 Å². The summed E-state index contributed by atoms with van der Waals surface area (Å²) in [6, 6.07) is 8.17. The highest BCUT2D eigenvalue weighted by Crippen LogP contribution is 2.36. The molecule has 2 aliphatic rings. The molecule has 1 aromatic carbocycles. The van der Waals surface area contributed by atoms with Gasteiger partial charge >= 0.3 is 0 Å². The minimum atomic E-state index is 0.0511. The first kappa shape index (κ1) is 20.6. The Hall–Kier alpha value is -3.26. The molecule has 1 aliphatic carbocycles. The van der Waals surface area contributed by atoms with Crippen LogP contribution in [0.1, 0.15) is 47.1 Å². The molecule has 3 aromatic rings. The van der Waals surface area contributed by atoms with Gasteiger partial charge in [0.2, 0.25) is 5.95 Å². The van der Waals surface area contributed by atoms with E-state index in [0.29, 0.717) is 43.9 Å². The second-order valence-electron chi connectivity index (χ2n) is 8.47. The van der Waals surface area contributed by atoms with Crippen molar-refractivity contribution in [2.24, 2.45) is 0 Å². The first-order valence-corrected chi connectivity index (χ1v) is 11.2. The largest absolute Gasteiger partial charge is 0.378 e. The van der Waals surface area contributed by atoms with E-state index in [-0.39, 0.29) is 5.91 Å². The van der Waals surface area contributed by atoms with Crippen LogP contribution in [0.4, 0.5) is 11.6 Å². The molecule has 0 spiro atoms. The Morgan fingerprint density at radius 3 is 2.66 bits per heavy atom. The number of nitrogens with one attached hydrogen (secondary N) is 1. The fraction of sp³-hybridized carbons (Fsp3) is 0.417. The number of amides is 1. The number of anilines is 2. The van der Waals surface area contributed by atoms with Crippen molar-refractivity contribution in [3.8, 4) is 11.4 Å². The molecule has 1 saturated heterocycles. The first-order valence-electron chi connectivity index (χ1n) is 11.2. The highest BCUT2D eigenvalue weighted by atomic mass is 16.5. The van der Waals surface area contributed by atoms with Crippen LogP contribution in [0.2, 0.25) is 0 Å². The van der Waals surface area contributed by atoms with E-state index in [1.165, 1.54) is 19.3 Å². The van der Waals surface area contributed by atoms with Crippen molar-refractivity contribution in [3.63, 3.8) is 0 Å². The molecule has 2 aromatic heterocycles. The van der Waals surface area contributed by atoms with Gasteiger partial charge < -0.3 is 19.5 Å². The highest BCUT2D eigenvalue weighted by molar-refractivity contribution is 5.96. The lowest BCUT2D eigenvalue weighted by molar-refractivity contribution is 0.0302. The van der Waals surface area contributed by atoms with Gasteiger partial charge in [-0.25, -0.2) is 15.0 Å². The van der Waals surface area contributed by atoms with Crippen molar-refractivity contribution in [1.82, 2.24) is 24.4 Å². The van der Waals surface area contributed by atoms with Crippen molar-refractivity contribution >= 4 is 17.5 Å². The average molecular weight is 433 g/mol. The van der Waals surface area contributed by atoms with Crippen LogP contribution in [0.25, 0.3) is 11.4 Å². The van der Waals surface area contributed by atoms with Gasteiger partial charge in [0.25, 0.3) is 5.91 Å². The number of rotatable bonds is 5. The molecule has 2 fully saturated rings. The molecule has 1 aliphatic heterocycles. The number of nitrogens with zero attached hydrogens (tertiary/aromatic N) is 5. The summed E-state index contributed by atoms with van der Waals surface area (Å²) in [5.74, 6) is 1.59. The lowest BCUT2D eigenvalue weighted by Crippen LogP contribution is -2.40. The zero-order chi connectivity index (χ0) is 22.1. The molecule has 0 unspecified atom stereocenters. The number of morpholine rings is 1. The fourth-order valence-electron chi connectivity index (χ4n) is 4.36. The van der Waals surface area contributed by atoms with E-state index >= 15 is 0 Å². The van der Waals surface area contributed by atoms with Gasteiger partial charge in [0, 0.05) is 36.6 Å². The van der Waals surface area contributed by atoms with Gasteiger partial charge in [0.15, 0.2) is 0 Å². The summed E-state index contributed by atoms with van der Waals surface area (Å²) in [5, 5.41) is 3.29. The van der Waals surface area contributed by atoms with Gasteiger partial charge in [0.05, 0.1) is 30.8 Å². The zero-order valence-electron chi connectivity index (χ0n) is 18.5. The first-order chi connectivity index (χ1) is 15.6. The van der Waals surface area contributed by atoms with Gasteiger partial charge in [-0.05, 0) is 62.9 Å². The van der Waals surface area contributed by atoms with Crippen LogP contribution in [0.3, 0.4) is 0 Å². The molecule has 1 saturated carbocycles. The molecule has 166 valence electrons. The van der Waals surface area contributed by atoms with E-state index < -0.39 is 0 Å². The predicted octanol–water partition coefficient (Wildman–Crippen LogP) is 3.90. The second-order valence-corrected chi connectivity index (χ2v) is 8.47. The van der Waals surface area contributed by atoms with Crippen LogP contribution >= 0.6 is 0 Å². The Labute approximate surface area is 187 Å². The third-order valence-corrected chi connectivity index (χ3v) is 6.35. The quantitative estimate of drug-likeness (QED) is 0.658. The number of aromatic nitrogens is 4. The molecule has 8 nitrogen and oxygen atoms in total. The van der Waals surface area contributed by atoms with E-state index in [1.807, 2.05) is 49.2 Å². The summed E-state index contributed by atoms with van der Waals surface area (Å²) < 4.78 is 7.65. The number of imidazole rings is 1. The zero-order valence-corrected chi connectivity index (χ0v) is 18.5. The predicted molar refractivity (Wildman–Crippen MR) is 122 cm³/mol. The summed E-state index contributed by atoms with van der Waals surface area (Å²) in [4.78, 5) is 28.3. The van der Waals surface area contributed by atoms with E-state index in [4.69, 9.17) is 9.72 Å². The maximum atomic E-state index is 12.8. The third-order valence-electron chi connectivity index (χ3n) is 6.35. The van der Waals surface area contributed by atoms with E-state index in [2.05, 4.69) is 19.9 Å². The lowest BCUT2D eigenvalue weighted by Gasteiger charge is -2.29. The van der Waals surface area contributed by atoms with Gasteiger partial charge in [-0.1, -0.05) is 0 Å². The van der Waals surface area contributed by atoms with E-state index in [0.717, 1.165) is 28.5 Å². The topological polar surface area (TPSA) is 85.2 Å². The summed E-state index contributed by atoms with van der Waals surface area (Å²) in [6.45, 7) is 6.46. The van der Waals surface area contributed by atoms with Crippen LogP contribution in [0.5, 0.6) is 0 Å². The minimum absolute atomic E-state index is 0.0511. The SMILES string of the molecule is Cc1cc(Nc2nccc(-c3cnc(C)n3C3CCC3)n2)ccc1C(=O)N1CCOCC1. The van der Waals surface area contributed by atoms with E-state index in [9.17, 15) is 4.79 Å². The van der Waals surface area contributed by atoms with Crippen molar-refractivity contribution < 1.29 is 9.53 Å². The number of carbonyl (C=O) groups is 1. The molecule has 5 rings (SSSR count). The molecule has 32 heavy (non-hydrogen) atoms. The van der Waals surface area contributed by atoms with Gasteiger partial charge in [-0.3, -0.25) is 4.79 Å². The average Bonchev–Trinajstić information content (AvgIpc) is 3.14. The van der Waals surface area contributed by atoms with Gasteiger partial charge in [-0.2, -0.15) is 0 Å². The molecule has 1 N–H and O–H groups in total. The van der Waals surface area contributed by atoms with Crippen molar-refractivity contribution in [2.75, 3.05) is 31.6 Å². The number of aryl methyl sites for hydroxylation is 2. The monoisotopic (exact) mass is 432 g/mol. The number of ether oxygens (including phenoxy) is 1. The van der Waals surface area contributed by atoms with Crippen LogP contribution in [-0.2, 0) is 4.74 Å². The molecule has 0 radical (unpaired) electrons.